The van der Waals surface area contributed by atoms with E-state index in [1.807, 2.05) is 47.4 Å². The Morgan fingerprint density at radius 1 is 1.06 bits per heavy atom. The van der Waals surface area contributed by atoms with E-state index < -0.39 is 0 Å². The first-order chi connectivity index (χ1) is 17.2. The van der Waals surface area contributed by atoms with Gasteiger partial charge in [0.15, 0.2) is 0 Å². The van der Waals surface area contributed by atoms with E-state index in [9.17, 15) is 4.79 Å². The number of piperidine rings is 1. The molecule has 3 aliphatic heterocycles. The molecule has 3 aromatic rings. The molecule has 3 aliphatic rings. The van der Waals surface area contributed by atoms with Crippen LogP contribution in [0.5, 0.6) is 0 Å². The van der Waals surface area contributed by atoms with E-state index in [0.717, 1.165) is 60.5 Å². The number of dihydropyridines is 1. The fraction of sp³-hybridized carbons (Fsp3) is 0.370. The van der Waals surface area contributed by atoms with Crippen molar-refractivity contribution in [3.05, 3.63) is 66.1 Å². The lowest BCUT2D eigenvalue weighted by Gasteiger charge is -2.36. The summed E-state index contributed by atoms with van der Waals surface area (Å²) in [6.45, 7) is 4.89. The molecular formula is C27H31N7O. The van der Waals surface area contributed by atoms with Gasteiger partial charge in [-0.3, -0.25) is 4.79 Å². The lowest BCUT2D eigenvalue weighted by Crippen LogP contribution is -2.46. The molecule has 3 N–H and O–H groups in total. The van der Waals surface area contributed by atoms with Crippen LogP contribution >= 0.6 is 0 Å². The Kier molecular flexibility index (Phi) is 5.96. The molecule has 2 fully saturated rings. The Bertz CT molecular complexity index is 1280. The van der Waals surface area contributed by atoms with Crippen LogP contribution in [0.4, 0.5) is 11.6 Å². The summed E-state index contributed by atoms with van der Waals surface area (Å²) in [6.07, 6.45) is 12.6. The predicted octanol–water partition coefficient (Wildman–Crippen LogP) is 3.90. The van der Waals surface area contributed by atoms with Crippen LogP contribution in [0.3, 0.4) is 0 Å². The van der Waals surface area contributed by atoms with Gasteiger partial charge in [0.1, 0.15) is 5.69 Å². The van der Waals surface area contributed by atoms with Crippen LogP contribution in [-0.2, 0) is 0 Å². The summed E-state index contributed by atoms with van der Waals surface area (Å²) < 4.78 is 0. The maximum absolute atomic E-state index is 13.2. The monoisotopic (exact) mass is 469 g/mol. The number of nitrogens with zero attached hydrogens (tertiary/aromatic N) is 4. The Labute approximate surface area is 205 Å². The van der Waals surface area contributed by atoms with Gasteiger partial charge in [0.05, 0.1) is 11.4 Å². The van der Waals surface area contributed by atoms with Crippen molar-refractivity contribution in [1.29, 1.82) is 0 Å². The zero-order valence-corrected chi connectivity index (χ0v) is 19.8. The number of hydrogen-bond acceptors (Lipinski definition) is 6. The van der Waals surface area contributed by atoms with Crippen LogP contribution in [0.1, 0.15) is 41.9 Å². The molecule has 1 aromatic carbocycles. The molecule has 2 aromatic heterocycles. The molecular weight excluding hydrogens is 438 g/mol. The molecule has 0 radical (unpaired) electrons. The SMILES string of the molecule is O=C(c1cc2cc(Nc3nccc(C4=CC=CCN4)n3)ccc2[nH]1)N1CCC(N2CCCC2)CC1. The van der Waals surface area contributed by atoms with Gasteiger partial charge in [-0.15, -0.1) is 0 Å². The molecule has 0 bridgehead atoms. The Morgan fingerprint density at radius 2 is 1.91 bits per heavy atom. The second kappa shape index (κ2) is 9.54. The topological polar surface area (TPSA) is 89.2 Å². The molecule has 2 saturated heterocycles. The minimum absolute atomic E-state index is 0.0916. The van der Waals surface area contributed by atoms with E-state index in [0.29, 0.717) is 17.7 Å². The summed E-state index contributed by atoms with van der Waals surface area (Å²) in [7, 11) is 0. The van der Waals surface area contributed by atoms with Crippen molar-refractivity contribution >= 4 is 34.1 Å². The number of hydrogen-bond donors (Lipinski definition) is 3. The largest absolute Gasteiger partial charge is 0.380 e. The maximum atomic E-state index is 13.2. The normalized spacial score (nSPS) is 19.1. The highest BCUT2D eigenvalue weighted by Crippen LogP contribution is 2.25. The van der Waals surface area contributed by atoms with Crippen LogP contribution in [-0.4, -0.2) is 69.4 Å². The van der Waals surface area contributed by atoms with Crippen molar-refractivity contribution in [2.45, 2.75) is 31.7 Å². The number of carbonyl (C=O) groups excluding carboxylic acids is 1. The van der Waals surface area contributed by atoms with E-state index in [2.05, 4.69) is 36.6 Å². The van der Waals surface area contributed by atoms with Crippen LogP contribution in [0.15, 0.2) is 54.8 Å². The number of amides is 1. The van der Waals surface area contributed by atoms with E-state index in [1.165, 1.54) is 25.9 Å². The summed E-state index contributed by atoms with van der Waals surface area (Å²) in [5.41, 5.74) is 4.30. The van der Waals surface area contributed by atoms with Crippen molar-refractivity contribution < 1.29 is 4.79 Å². The van der Waals surface area contributed by atoms with Gasteiger partial charge in [0.25, 0.3) is 5.91 Å². The number of fused-ring (bicyclic) bond motifs is 1. The molecule has 180 valence electrons. The third-order valence-electron chi connectivity index (χ3n) is 7.26. The first-order valence-electron chi connectivity index (χ1n) is 12.6. The molecule has 6 rings (SSSR count). The third kappa shape index (κ3) is 4.66. The minimum Gasteiger partial charge on any atom is -0.380 e. The number of aromatic nitrogens is 3. The smallest absolute Gasteiger partial charge is 0.270 e. The van der Waals surface area contributed by atoms with E-state index in [1.54, 1.807) is 6.20 Å². The number of likely N-dealkylation sites (tertiary alicyclic amines) is 2. The Balaban J connectivity index is 1.14. The summed E-state index contributed by atoms with van der Waals surface area (Å²) in [6, 6.07) is 10.5. The van der Waals surface area contributed by atoms with Crippen molar-refractivity contribution in [1.82, 2.24) is 30.1 Å². The highest BCUT2D eigenvalue weighted by Gasteiger charge is 2.29. The van der Waals surface area contributed by atoms with Gasteiger partial charge in [0, 0.05) is 48.5 Å². The van der Waals surface area contributed by atoms with Crippen LogP contribution in [0.25, 0.3) is 16.6 Å². The van der Waals surface area contributed by atoms with Gasteiger partial charge < -0.3 is 25.4 Å². The number of anilines is 2. The Hall–Kier alpha value is -3.65. The molecule has 35 heavy (non-hydrogen) atoms. The van der Waals surface area contributed by atoms with Gasteiger partial charge in [0.2, 0.25) is 5.95 Å². The number of carbonyl (C=O) groups is 1. The lowest BCUT2D eigenvalue weighted by atomic mass is 10.0. The van der Waals surface area contributed by atoms with E-state index in [-0.39, 0.29) is 5.91 Å². The third-order valence-corrected chi connectivity index (χ3v) is 7.26. The zero-order chi connectivity index (χ0) is 23.6. The first-order valence-corrected chi connectivity index (χ1v) is 12.6. The predicted molar refractivity (Wildman–Crippen MR) is 138 cm³/mol. The number of benzene rings is 1. The molecule has 5 heterocycles. The number of aromatic amines is 1. The summed E-state index contributed by atoms with van der Waals surface area (Å²) in [5.74, 6) is 0.626. The molecule has 0 aliphatic carbocycles. The quantitative estimate of drug-likeness (QED) is 0.525. The van der Waals surface area contributed by atoms with Crippen molar-refractivity contribution in [2.24, 2.45) is 0 Å². The van der Waals surface area contributed by atoms with E-state index >= 15 is 0 Å². The number of nitrogens with one attached hydrogen (secondary N) is 3. The number of rotatable bonds is 5. The average Bonchev–Trinajstić information content (AvgIpc) is 3.59. The lowest BCUT2D eigenvalue weighted by molar-refractivity contribution is 0.0639. The Morgan fingerprint density at radius 3 is 2.71 bits per heavy atom. The summed E-state index contributed by atoms with van der Waals surface area (Å²) in [4.78, 5) is 30.1. The maximum Gasteiger partial charge on any atom is 0.270 e. The number of H-pyrrole nitrogens is 1. The molecule has 0 atom stereocenters. The fourth-order valence-corrected chi connectivity index (χ4v) is 5.37. The number of allylic oxidation sites excluding steroid dienone is 2. The second-order valence-electron chi connectivity index (χ2n) is 9.53. The van der Waals surface area contributed by atoms with Crippen molar-refractivity contribution in [2.75, 3.05) is 38.0 Å². The molecule has 0 saturated carbocycles. The van der Waals surface area contributed by atoms with Gasteiger partial charge in [-0.1, -0.05) is 12.2 Å². The molecule has 0 spiro atoms. The molecule has 8 nitrogen and oxygen atoms in total. The fourth-order valence-electron chi connectivity index (χ4n) is 5.37. The van der Waals surface area contributed by atoms with Crippen molar-refractivity contribution in [3.63, 3.8) is 0 Å². The van der Waals surface area contributed by atoms with E-state index in [4.69, 9.17) is 0 Å². The molecule has 1 amide bonds. The summed E-state index contributed by atoms with van der Waals surface area (Å²) >= 11 is 0. The van der Waals surface area contributed by atoms with Crippen LogP contribution < -0.4 is 10.6 Å². The average molecular weight is 470 g/mol. The van der Waals surface area contributed by atoms with Crippen molar-refractivity contribution in [3.8, 4) is 0 Å². The molecule has 0 unspecified atom stereocenters. The van der Waals surface area contributed by atoms with Gasteiger partial charge in [-0.2, -0.15) is 0 Å². The standard InChI is InChI=1S/C27H31N7O/c35-26(34-15-9-21(10-16-34)33-13-3-4-14-33)25-18-19-17-20(6-7-22(19)31-25)30-27-29-12-8-24(32-27)23-5-1-2-11-28-23/h1-2,5-8,12,17-18,21,28,31H,3-4,9-11,13-16H2,(H,29,30,32). The van der Waals surface area contributed by atoms with Gasteiger partial charge >= 0.3 is 0 Å². The zero-order valence-electron chi connectivity index (χ0n) is 19.8. The molecule has 8 heteroatoms. The van der Waals surface area contributed by atoms with Gasteiger partial charge in [-0.25, -0.2) is 9.97 Å². The minimum atomic E-state index is 0.0916. The first kappa shape index (κ1) is 21.9. The van der Waals surface area contributed by atoms with Crippen LogP contribution in [0.2, 0.25) is 0 Å². The highest BCUT2D eigenvalue weighted by molar-refractivity contribution is 5.98. The van der Waals surface area contributed by atoms with Gasteiger partial charge in [-0.05, 0) is 75.2 Å². The highest BCUT2D eigenvalue weighted by atomic mass is 16.2. The summed E-state index contributed by atoms with van der Waals surface area (Å²) in [5, 5.41) is 7.61. The second-order valence-corrected chi connectivity index (χ2v) is 9.53. The van der Waals surface area contributed by atoms with Crippen LogP contribution in [0, 0.1) is 0 Å².